The van der Waals surface area contributed by atoms with Crippen molar-refractivity contribution < 1.29 is 19.0 Å². The molecule has 156 valence electrons. The molecule has 3 aromatic rings. The summed E-state index contributed by atoms with van der Waals surface area (Å²) in [6.07, 6.45) is 5.19. The van der Waals surface area contributed by atoms with E-state index in [9.17, 15) is 4.79 Å². The van der Waals surface area contributed by atoms with Crippen molar-refractivity contribution >= 4 is 6.29 Å². The first-order valence-corrected chi connectivity index (χ1v) is 10.4. The zero-order chi connectivity index (χ0) is 21.2. The van der Waals surface area contributed by atoms with Crippen LogP contribution in [0.25, 0.3) is 11.1 Å². The van der Waals surface area contributed by atoms with Crippen LogP contribution in [-0.4, -0.2) is 20.0 Å². The van der Waals surface area contributed by atoms with Gasteiger partial charge in [0.1, 0.15) is 12.0 Å². The average molecular weight is 405 g/mol. The molecular weight excluding hydrogens is 376 g/mol. The van der Waals surface area contributed by atoms with Crippen LogP contribution in [0.4, 0.5) is 0 Å². The summed E-state index contributed by atoms with van der Waals surface area (Å²) in [7, 11) is 1.57. The number of para-hydroxylation sites is 1. The molecule has 4 heteroatoms. The lowest BCUT2D eigenvalue weighted by Gasteiger charge is -2.18. The van der Waals surface area contributed by atoms with Crippen molar-refractivity contribution in [2.75, 3.05) is 13.7 Å². The molecule has 4 nitrogen and oxygen atoms in total. The maximum Gasteiger partial charge on any atom is 0.204 e. The molecule has 0 aliphatic heterocycles. The minimum Gasteiger partial charge on any atom is -0.493 e. The van der Waals surface area contributed by atoms with Gasteiger partial charge in [0.15, 0.2) is 11.5 Å². The van der Waals surface area contributed by atoms with Crippen molar-refractivity contribution in [2.24, 2.45) is 0 Å². The molecule has 3 rings (SSSR count). The van der Waals surface area contributed by atoms with Crippen molar-refractivity contribution in [2.45, 2.75) is 32.6 Å². The molecule has 0 unspecified atom stereocenters. The molecule has 0 spiro atoms. The van der Waals surface area contributed by atoms with E-state index in [1.807, 2.05) is 54.6 Å². The zero-order valence-corrected chi connectivity index (χ0v) is 17.6. The number of carbonyl (C=O) groups is 1. The third kappa shape index (κ3) is 5.41. The zero-order valence-electron chi connectivity index (χ0n) is 17.6. The van der Waals surface area contributed by atoms with Crippen LogP contribution in [0.15, 0.2) is 66.7 Å². The highest BCUT2D eigenvalue weighted by Crippen LogP contribution is 2.43. The smallest absolute Gasteiger partial charge is 0.204 e. The SMILES string of the molecule is CCCCCCOc1c(OC)cc(C=O)cc1Oc1ccccc1-c1ccccc1. The van der Waals surface area contributed by atoms with Crippen molar-refractivity contribution in [3.8, 4) is 34.1 Å². The predicted octanol–water partition coefficient (Wildman–Crippen LogP) is 6.93. The Morgan fingerprint density at radius 2 is 1.57 bits per heavy atom. The Morgan fingerprint density at radius 3 is 2.30 bits per heavy atom. The molecule has 0 heterocycles. The molecule has 0 aromatic heterocycles. The van der Waals surface area contributed by atoms with Gasteiger partial charge in [-0.1, -0.05) is 74.7 Å². The monoisotopic (exact) mass is 404 g/mol. The second-order valence-corrected chi connectivity index (χ2v) is 7.04. The summed E-state index contributed by atoms with van der Waals surface area (Å²) < 4.78 is 17.8. The van der Waals surface area contributed by atoms with Crippen molar-refractivity contribution in [3.05, 3.63) is 72.3 Å². The van der Waals surface area contributed by atoms with Crippen LogP contribution in [0.1, 0.15) is 43.0 Å². The summed E-state index contributed by atoms with van der Waals surface area (Å²) in [5, 5.41) is 0. The first kappa shape index (κ1) is 21.4. The van der Waals surface area contributed by atoms with Gasteiger partial charge >= 0.3 is 0 Å². The van der Waals surface area contributed by atoms with Crippen LogP contribution in [0, 0.1) is 0 Å². The Hall–Kier alpha value is -3.27. The maximum atomic E-state index is 11.5. The van der Waals surface area contributed by atoms with Gasteiger partial charge in [0.25, 0.3) is 0 Å². The third-order valence-electron chi connectivity index (χ3n) is 4.84. The minimum atomic E-state index is 0.468. The second kappa shape index (κ2) is 11.1. The standard InChI is InChI=1S/C26H28O4/c1-3-4-5-11-16-29-26-24(28-2)17-20(19-27)18-25(26)30-23-15-10-9-14-22(23)21-12-7-6-8-13-21/h6-10,12-15,17-19H,3-5,11,16H2,1-2H3. The molecule has 3 aromatic carbocycles. The average Bonchev–Trinajstić information content (AvgIpc) is 2.80. The van der Waals surface area contributed by atoms with Crippen LogP contribution >= 0.6 is 0 Å². The van der Waals surface area contributed by atoms with Gasteiger partial charge in [0, 0.05) is 11.1 Å². The van der Waals surface area contributed by atoms with Crippen LogP contribution in [-0.2, 0) is 0 Å². The fourth-order valence-corrected chi connectivity index (χ4v) is 3.27. The number of rotatable bonds is 11. The lowest BCUT2D eigenvalue weighted by Crippen LogP contribution is -2.02. The van der Waals surface area contributed by atoms with Gasteiger partial charge in [0.05, 0.1) is 13.7 Å². The number of unbranched alkanes of at least 4 members (excludes halogenated alkanes) is 3. The van der Waals surface area contributed by atoms with E-state index >= 15 is 0 Å². The number of ether oxygens (including phenoxy) is 3. The van der Waals surface area contributed by atoms with Crippen molar-refractivity contribution in [1.29, 1.82) is 0 Å². The summed E-state index contributed by atoms with van der Waals surface area (Å²) in [4.78, 5) is 11.5. The topological polar surface area (TPSA) is 44.8 Å². The van der Waals surface area contributed by atoms with E-state index in [-0.39, 0.29) is 0 Å². The normalized spacial score (nSPS) is 10.5. The van der Waals surface area contributed by atoms with Gasteiger partial charge in [0.2, 0.25) is 5.75 Å². The first-order chi connectivity index (χ1) is 14.8. The molecule has 0 saturated heterocycles. The van der Waals surface area contributed by atoms with E-state index in [0.717, 1.165) is 30.3 Å². The summed E-state index contributed by atoms with van der Waals surface area (Å²) in [5.74, 6) is 2.16. The molecular formula is C26H28O4. The van der Waals surface area contributed by atoms with E-state index < -0.39 is 0 Å². The largest absolute Gasteiger partial charge is 0.493 e. The molecule has 0 aliphatic carbocycles. The number of carbonyl (C=O) groups excluding carboxylic acids is 1. The Labute approximate surface area is 178 Å². The molecule has 0 N–H and O–H groups in total. The summed E-state index contributed by atoms with van der Waals surface area (Å²) in [6, 6.07) is 21.2. The van der Waals surface area contributed by atoms with E-state index in [0.29, 0.717) is 35.2 Å². The highest BCUT2D eigenvalue weighted by Gasteiger charge is 2.17. The second-order valence-electron chi connectivity index (χ2n) is 7.04. The van der Waals surface area contributed by atoms with Crippen LogP contribution in [0.2, 0.25) is 0 Å². The lowest BCUT2D eigenvalue weighted by molar-refractivity contribution is 0.112. The predicted molar refractivity (Wildman–Crippen MR) is 120 cm³/mol. The minimum absolute atomic E-state index is 0.468. The number of aldehydes is 1. The number of benzene rings is 3. The van der Waals surface area contributed by atoms with Crippen LogP contribution in [0.5, 0.6) is 23.0 Å². The highest BCUT2D eigenvalue weighted by molar-refractivity contribution is 5.79. The Morgan fingerprint density at radius 1 is 0.833 bits per heavy atom. The molecule has 0 atom stereocenters. The Balaban J connectivity index is 1.94. The van der Waals surface area contributed by atoms with Gasteiger partial charge in [-0.05, 0) is 30.2 Å². The van der Waals surface area contributed by atoms with E-state index in [4.69, 9.17) is 14.2 Å². The van der Waals surface area contributed by atoms with Crippen molar-refractivity contribution in [3.63, 3.8) is 0 Å². The summed E-state index contributed by atoms with van der Waals surface area (Å²) in [6.45, 7) is 2.74. The van der Waals surface area contributed by atoms with Crippen LogP contribution in [0.3, 0.4) is 0 Å². The Bertz CT molecular complexity index is 951. The molecule has 0 radical (unpaired) electrons. The number of hydrogen-bond acceptors (Lipinski definition) is 4. The van der Waals surface area contributed by atoms with Crippen molar-refractivity contribution in [1.82, 2.24) is 0 Å². The number of hydrogen-bond donors (Lipinski definition) is 0. The molecule has 30 heavy (non-hydrogen) atoms. The Kier molecular flexibility index (Phi) is 7.90. The van der Waals surface area contributed by atoms with Crippen LogP contribution < -0.4 is 14.2 Å². The first-order valence-electron chi connectivity index (χ1n) is 10.4. The van der Waals surface area contributed by atoms with E-state index in [1.165, 1.54) is 12.8 Å². The summed E-state index contributed by atoms with van der Waals surface area (Å²) >= 11 is 0. The van der Waals surface area contributed by atoms with Gasteiger partial charge in [-0.3, -0.25) is 4.79 Å². The maximum absolute atomic E-state index is 11.5. The third-order valence-corrected chi connectivity index (χ3v) is 4.84. The van der Waals surface area contributed by atoms with Gasteiger partial charge in [-0.2, -0.15) is 0 Å². The van der Waals surface area contributed by atoms with E-state index in [1.54, 1.807) is 19.2 Å². The lowest BCUT2D eigenvalue weighted by atomic mass is 10.0. The molecule has 0 fully saturated rings. The van der Waals surface area contributed by atoms with Gasteiger partial charge < -0.3 is 14.2 Å². The van der Waals surface area contributed by atoms with Gasteiger partial charge in [-0.15, -0.1) is 0 Å². The highest BCUT2D eigenvalue weighted by atomic mass is 16.5. The molecule has 0 aliphatic rings. The molecule has 0 saturated carbocycles. The van der Waals surface area contributed by atoms with E-state index in [2.05, 4.69) is 6.92 Å². The quantitative estimate of drug-likeness (QED) is 0.257. The summed E-state index contributed by atoms with van der Waals surface area (Å²) in [5.41, 5.74) is 2.48. The fraction of sp³-hybridized carbons (Fsp3) is 0.269. The molecule has 0 bridgehead atoms. The number of methoxy groups -OCH3 is 1. The van der Waals surface area contributed by atoms with Gasteiger partial charge in [-0.25, -0.2) is 0 Å². The fourth-order valence-electron chi connectivity index (χ4n) is 3.27. The molecule has 0 amide bonds.